The summed E-state index contributed by atoms with van der Waals surface area (Å²) in [6.07, 6.45) is 4.30. The topological polar surface area (TPSA) is 89.8 Å². The maximum Gasteiger partial charge on any atom is 0.335 e. The van der Waals surface area contributed by atoms with Crippen LogP contribution in [0.25, 0.3) is 0 Å². The lowest BCUT2D eigenvalue weighted by atomic mass is 10.1. The van der Waals surface area contributed by atoms with Gasteiger partial charge in [0.15, 0.2) is 0 Å². The number of aromatic carboxylic acids is 1. The summed E-state index contributed by atoms with van der Waals surface area (Å²) in [6, 6.07) is 4.88. The number of carbonyl (C=O) groups is 1. The molecule has 2 rings (SSSR count). The van der Waals surface area contributed by atoms with Gasteiger partial charge >= 0.3 is 5.97 Å². The largest absolute Gasteiger partial charge is 0.478 e. The Morgan fingerprint density at radius 2 is 2.29 bits per heavy atom. The van der Waals surface area contributed by atoms with Crippen LogP contribution in [0.2, 0.25) is 0 Å². The smallest absolute Gasteiger partial charge is 0.335 e. The highest BCUT2D eigenvalue weighted by molar-refractivity contribution is 5.88. The number of aryl methyl sites for hydroxylation is 2. The Labute approximate surface area is 122 Å². The number of carboxylic acids is 1. The van der Waals surface area contributed by atoms with Crippen LogP contribution >= 0.6 is 0 Å². The second kappa shape index (κ2) is 6.53. The van der Waals surface area contributed by atoms with E-state index in [1.54, 1.807) is 24.4 Å². The number of aromatic amines is 1. The molecule has 0 aliphatic heterocycles. The standard InChI is InChI=1S/C16H15N3O2/c1-11-4-5-13(16(20)21)9-12(11)6-7-14-10-18-15(19-14)3-2-8-17/h4-5,8-10,17H,2-3H2,1H3,(H,18,19)(H,20,21). The van der Waals surface area contributed by atoms with Crippen LogP contribution in [-0.4, -0.2) is 27.3 Å². The van der Waals surface area contributed by atoms with Crippen LogP contribution < -0.4 is 0 Å². The van der Waals surface area contributed by atoms with Crippen LogP contribution in [0.1, 0.15) is 39.4 Å². The van der Waals surface area contributed by atoms with Crippen molar-refractivity contribution in [2.45, 2.75) is 19.8 Å². The second-order valence-electron chi connectivity index (χ2n) is 4.57. The van der Waals surface area contributed by atoms with Crippen molar-refractivity contribution in [3.63, 3.8) is 0 Å². The number of aromatic nitrogens is 2. The van der Waals surface area contributed by atoms with Gasteiger partial charge in [0.25, 0.3) is 0 Å². The number of nitrogens with zero attached hydrogens (tertiary/aromatic N) is 1. The van der Waals surface area contributed by atoms with Crippen LogP contribution in [0, 0.1) is 24.2 Å². The Balaban J connectivity index is 2.22. The van der Waals surface area contributed by atoms with Gasteiger partial charge in [-0.3, -0.25) is 0 Å². The van der Waals surface area contributed by atoms with Crippen molar-refractivity contribution in [2.24, 2.45) is 0 Å². The lowest BCUT2D eigenvalue weighted by Crippen LogP contribution is -1.97. The van der Waals surface area contributed by atoms with Crippen LogP contribution in [0.5, 0.6) is 0 Å². The first kappa shape index (κ1) is 14.5. The van der Waals surface area contributed by atoms with Crippen LogP contribution in [0.3, 0.4) is 0 Å². The van der Waals surface area contributed by atoms with Crippen molar-refractivity contribution in [1.82, 2.24) is 9.97 Å². The van der Waals surface area contributed by atoms with Crippen LogP contribution in [0.4, 0.5) is 0 Å². The van der Waals surface area contributed by atoms with Gasteiger partial charge in [-0.1, -0.05) is 12.0 Å². The SMILES string of the molecule is Cc1ccc(C(=O)O)cc1C#Cc1cnc(CCC=N)[nH]1. The molecular weight excluding hydrogens is 266 g/mol. The number of H-pyrrole nitrogens is 1. The predicted octanol–water partition coefficient (Wildman–Crippen LogP) is 2.40. The van der Waals surface area contributed by atoms with E-state index < -0.39 is 5.97 Å². The van der Waals surface area contributed by atoms with Gasteiger partial charge in [0.1, 0.15) is 11.5 Å². The number of nitrogens with one attached hydrogen (secondary N) is 2. The van der Waals surface area contributed by atoms with Crippen molar-refractivity contribution in [1.29, 1.82) is 5.41 Å². The zero-order valence-electron chi connectivity index (χ0n) is 11.6. The van der Waals surface area contributed by atoms with Gasteiger partial charge in [0.05, 0.1) is 11.8 Å². The van der Waals surface area contributed by atoms with E-state index in [1.165, 1.54) is 6.21 Å². The molecule has 0 saturated carbocycles. The lowest BCUT2D eigenvalue weighted by Gasteiger charge is -1.99. The lowest BCUT2D eigenvalue weighted by molar-refractivity contribution is 0.0697. The van der Waals surface area contributed by atoms with Crippen molar-refractivity contribution < 1.29 is 9.90 Å². The van der Waals surface area contributed by atoms with E-state index in [4.69, 9.17) is 10.5 Å². The minimum Gasteiger partial charge on any atom is -0.478 e. The molecular formula is C16H15N3O2. The molecule has 2 aromatic rings. The molecule has 1 heterocycles. The first-order valence-electron chi connectivity index (χ1n) is 6.49. The van der Waals surface area contributed by atoms with Gasteiger partial charge in [-0.15, -0.1) is 0 Å². The average Bonchev–Trinajstić information content (AvgIpc) is 2.92. The maximum absolute atomic E-state index is 11.0. The number of benzene rings is 1. The predicted molar refractivity (Wildman–Crippen MR) is 79.8 cm³/mol. The van der Waals surface area contributed by atoms with Crippen LogP contribution in [-0.2, 0) is 6.42 Å². The highest BCUT2D eigenvalue weighted by Crippen LogP contribution is 2.10. The van der Waals surface area contributed by atoms with Crippen molar-refractivity contribution in [2.75, 3.05) is 0 Å². The van der Waals surface area contributed by atoms with E-state index in [0.717, 1.165) is 11.4 Å². The Morgan fingerprint density at radius 1 is 1.48 bits per heavy atom. The monoisotopic (exact) mass is 281 g/mol. The van der Waals surface area contributed by atoms with Crippen LogP contribution in [0.15, 0.2) is 24.4 Å². The number of carboxylic acid groups (broad SMARTS) is 1. The van der Waals surface area contributed by atoms with Gasteiger partial charge in [0, 0.05) is 12.0 Å². The van der Waals surface area contributed by atoms with E-state index in [-0.39, 0.29) is 5.56 Å². The fraction of sp³-hybridized carbons (Fsp3) is 0.188. The zero-order chi connectivity index (χ0) is 15.2. The molecule has 5 heteroatoms. The number of rotatable bonds is 4. The fourth-order valence-electron chi connectivity index (χ4n) is 1.79. The minimum absolute atomic E-state index is 0.223. The summed E-state index contributed by atoms with van der Waals surface area (Å²) in [5, 5.41) is 16.0. The summed E-state index contributed by atoms with van der Waals surface area (Å²) < 4.78 is 0. The summed E-state index contributed by atoms with van der Waals surface area (Å²) in [6.45, 7) is 1.89. The molecule has 0 spiro atoms. The summed E-state index contributed by atoms with van der Waals surface area (Å²) in [5.41, 5.74) is 2.51. The van der Waals surface area contributed by atoms with E-state index in [9.17, 15) is 4.79 Å². The minimum atomic E-state index is -0.964. The molecule has 0 amide bonds. The third kappa shape index (κ3) is 3.80. The van der Waals surface area contributed by atoms with Gasteiger partial charge < -0.3 is 15.5 Å². The summed E-state index contributed by atoms with van der Waals surface area (Å²) in [4.78, 5) is 18.2. The Hall–Kier alpha value is -2.87. The number of hydrogen-bond donors (Lipinski definition) is 3. The number of hydrogen-bond acceptors (Lipinski definition) is 3. The molecule has 0 aliphatic carbocycles. The molecule has 106 valence electrons. The molecule has 0 aliphatic rings. The highest BCUT2D eigenvalue weighted by atomic mass is 16.4. The third-order valence-corrected chi connectivity index (χ3v) is 2.97. The van der Waals surface area contributed by atoms with Gasteiger partial charge in [-0.05, 0) is 43.2 Å². The maximum atomic E-state index is 11.0. The molecule has 5 nitrogen and oxygen atoms in total. The Kier molecular flexibility index (Phi) is 4.52. The molecule has 21 heavy (non-hydrogen) atoms. The molecule has 1 aromatic carbocycles. The average molecular weight is 281 g/mol. The Bertz CT molecular complexity index is 735. The second-order valence-corrected chi connectivity index (χ2v) is 4.57. The normalized spacial score (nSPS) is 9.76. The third-order valence-electron chi connectivity index (χ3n) is 2.97. The first-order valence-corrected chi connectivity index (χ1v) is 6.49. The molecule has 3 N–H and O–H groups in total. The molecule has 0 fully saturated rings. The van der Waals surface area contributed by atoms with Crippen molar-refractivity contribution in [3.8, 4) is 11.8 Å². The summed E-state index contributed by atoms with van der Waals surface area (Å²) in [7, 11) is 0. The Morgan fingerprint density at radius 3 is 3.00 bits per heavy atom. The molecule has 0 saturated heterocycles. The van der Waals surface area contributed by atoms with Crippen molar-refractivity contribution >= 4 is 12.2 Å². The van der Waals surface area contributed by atoms with Gasteiger partial charge in [-0.2, -0.15) is 0 Å². The molecule has 0 atom stereocenters. The fourth-order valence-corrected chi connectivity index (χ4v) is 1.79. The van der Waals surface area contributed by atoms with Crippen molar-refractivity contribution in [3.05, 3.63) is 52.6 Å². The van der Waals surface area contributed by atoms with Gasteiger partial charge in [-0.25, -0.2) is 9.78 Å². The summed E-state index contributed by atoms with van der Waals surface area (Å²) in [5.74, 6) is 5.74. The van der Waals surface area contributed by atoms with E-state index in [1.807, 2.05) is 6.92 Å². The molecule has 1 aromatic heterocycles. The van der Waals surface area contributed by atoms with Gasteiger partial charge in [0.2, 0.25) is 0 Å². The van der Waals surface area contributed by atoms with E-state index >= 15 is 0 Å². The van der Waals surface area contributed by atoms with E-state index in [2.05, 4.69) is 21.8 Å². The summed E-state index contributed by atoms with van der Waals surface area (Å²) >= 11 is 0. The molecule has 0 bridgehead atoms. The molecule has 0 radical (unpaired) electrons. The number of imidazole rings is 1. The molecule has 0 unspecified atom stereocenters. The zero-order valence-corrected chi connectivity index (χ0v) is 11.6. The quantitative estimate of drug-likeness (QED) is 0.593. The first-order chi connectivity index (χ1) is 10.1. The highest BCUT2D eigenvalue weighted by Gasteiger charge is 2.04. The van der Waals surface area contributed by atoms with E-state index in [0.29, 0.717) is 24.1 Å².